The van der Waals surface area contributed by atoms with Crippen molar-refractivity contribution in [3.63, 3.8) is 0 Å². The minimum atomic E-state index is -2.87. The third-order valence-corrected chi connectivity index (χ3v) is 7.33. The zero-order valence-electron chi connectivity index (χ0n) is 15.6. The maximum atomic E-state index is 12.6. The average Bonchev–Trinajstić information content (AvgIpc) is 3.01. The number of likely N-dealkylation sites (tertiary alicyclic amines) is 1. The molecule has 6 nitrogen and oxygen atoms in total. The SMILES string of the molecule is CCCOc1ccc(NC(=O)C2CCN(C3CCS(=O)(=O)C3)CC2)cc1Cl. The van der Waals surface area contributed by atoms with Gasteiger partial charge in [0, 0.05) is 17.6 Å². The van der Waals surface area contributed by atoms with E-state index in [1.165, 1.54) is 0 Å². The second-order valence-electron chi connectivity index (χ2n) is 7.35. The molecule has 150 valence electrons. The fourth-order valence-corrected chi connectivity index (χ4v) is 5.74. The highest BCUT2D eigenvalue weighted by Crippen LogP contribution is 2.29. The Morgan fingerprint density at radius 2 is 2.04 bits per heavy atom. The van der Waals surface area contributed by atoms with Gasteiger partial charge in [-0.3, -0.25) is 9.69 Å². The molecule has 1 unspecified atom stereocenters. The molecule has 0 bridgehead atoms. The molecule has 1 aromatic rings. The lowest BCUT2D eigenvalue weighted by Gasteiger charge is -2.34. The number of amides is 1. The van der Waals surface area contributed by atoms with Gasteiger partial charge < -0.3 is 10.1 Å². The second-order valence-corrected chi connectivity index (χ2v) is 9.99. The molecule has 0 aliphatic carbocycles. The van der Waals surface area contributed by atoms with E-state index in [9.17, 15) is 13.2 Å². The van der Waals surface area contributed by atoms with Crippen molar-refractivity contribution in [2.45, 2.75) is 38.6 Å². The summed E-state index contributed by atoms with van der Waals surface area (Å²) in [5.41, 5.74) is 0.665. The molecular weight excluding hydrogens is 388 g/mol. The molecule has 2 saturated heterocycles. The highest BCUT2D eigenvalue weighted by molar-refractivity contribution is 7.91. The average molecular weight is 415 g/mol. The molecular formula is C19H27ClN2O4S. The lowest BCUT2D eigenvalue weighted by Crippen LogP contribution is -2.44. The van der Waals surface area contributed by atoms with E-state index in [0.29, 0.717) is 29.5 Å². The van der Waals surface area contributed by atoms with Gasteiger partial charge >= 0.3 is 0 Å². The monoisotopic (exact) mass is 414 g/mol. The first-order chi connectivity index (χ1) is 12.9. The number of hydrogen-bond donors (Lipinski definition) is 1. The molecule has 2 heterocycles. The molecule has 3 rings (SSSR count). The number of anilines is 1. The summed E-state index contributed by atoms with van der Waals surface area (Å²) in [7, 11) is -2.87. The van der Waals surface area contributed by atoms with Crippen molar-refractivity contribution in [2.24, 2.45) is 5.92 Å². The predicted molar refractivity (Wildman–Crippen MR) is 107 cm³/mol. The van der Waals surface area contributed by atoms with Crippen LogP contribution in [0.25, 0.3) is 0 Å². The molecule has 0 saturated carbocycles. The molecule has 0 spiro atoms. The summed E-state index contributed by atoms with van der Waals surface area (Å²) in [6, 6.07) is 5.40. The van der Waals surface area contributed by atoms with Crippen molar-refractivity contribution in [3.8, 4) is 5.75 Å². The molecule has 2 aliphatic heterocycles. The maximum Gasteiger partial charge on any atom is 0.227 e. The van der Waals surface area contributed by atoms with Crippen LogP contribution in [0.3, 0.4) is 0 Å². The van der Waals surface area contributed by atoms with Crippen LogP contribution in [0, 0.1) is 5.92 Å². The highest BCUT2D eigenvalue weighted by atomic mass is 35.5. The summed E-state index contributed by atoms with van der Waals surface area (Å²) in [6.45, 7) is 4.16. The van der Waals surface area contributed by atoms with Crippen LogP contribution in [-0.2, 0) is 14.6 Å². The van der Waals surface area contributed by atoms with Crippen molar-refractivity contribution in [1.82, 2.24) is 4.90 Å². The molecule has 1 N–H and O–H groups in total. The summed E-state index contributed by atoms with van der Waals surface area (Å²) < 4.78 is 28.9. The first-order valence-corrected chi connectivity index (χ1v) is 11.8. The predicted octanol–water partition coefficient (Wildman–Crippen LogP) is 2.97. The second kappa shape index (κ2) is 8.80. The van der Waals surface area contributed by atoms with Gasteiger partial charge in [0.1, 0.15) is 5.75 Å². The molecule has 0 aromatic heterocycles. The number of halogens is 1. The maximum absolute atomic E-state index is 12.6. The molecule has 8 heteroatoms. The van der Waals surface area contributed by atoms with Crippen LogP contribution in [0.4, 0.5) is 5.69 Å². The third kappa shape index (κ3) is 5.36. The number of hydrogen-bond acceptors (Lipinski definition) is 5. The quantitative estimate of drug-likeness (QED) is 0.774. The van der Waals surface area contributed by atoms with Crippen LogP contribution in [-0.4, -0.2) is 56.5 Å². The van der Waals surface area contributed by atoms with Crippen LogP contribution in [0.15, 0.2) is 18.2 Å². The van der Waals surface area contributed by atoms with Crippen molar-refractivity contribution in [2.75, 3.05) is 36.5 Å². The van der Waals surface area contributed by atoms with E-state index in [1.807, 2.05) is 6.92 Å². The number of rotatable bonds is 6. The minimum Gasteiger partial charge on any atom is -0.492 e. The van der Waals surface area contributed by atoms with E-state index in [4.69, 9.17) is 16.3 Å². The Balaban J connectivity index is 1.50. The molecule has 1 atom stereocenters. The van der Waals surface area contributed by atoms with Gasteiger partial charge in [-0.05, 0) is 57.0 Å². The zero-order chi connectivity index (χ0) is 19.4. The lowest BCUT2D eigenvalue weighted by molar-refractivity contribution is -0.121. The number of piperidine rings is 1. The summed E-state index contributed by atoms with van der Waals surface area (Å²) in [6.07, 6.45) is 3.10. The minimum absolute atomic E-state index is 0.00742. The molecule has 27 heavy (non-hydrogen) atoms. The van der Waals surface area contributed by atoms with Crippen LogP contribution in [0.1, 0.15) is 32.6 Å². The lowest BCUT2D eigenvalue weighted by atomic mass is 9.94. The summed E-state index contributed by atoms with van der Waals surface area (Å²) in [5, 5.41) is 3.42. The number of sulfone groups is 1. The fourth-order valence-electron chi connectivity index (χ4n) is 3.74. The van der Waals surface area contributed by atoms with Crippen molar-refractivity contribution in [3.05, 3.63) is 23.2 Å². The topological polar surface area (TPSA) is 75.7 Å². The number of ether oxygens (including phenoxy) is 1. The molecule has 1 amide bonds. The number of carbonyl (C=O) groups is 1. The van der Waals surface area contributed by atoms with E-state index in [-0.39, 0.29) is 29.4 Å². The molecule has 0 radical (unpaired) electrons. The first-order valence-electron chi connectivity index (χ1n) is 9.55. The van der Waals surface area contributed by atoms with Gasteiger partial charge in [-0.15, -0.1) is 0 Å². The van der Waals surface area contributed by atoms with Gasteiger partial charge in [-0.25, -0.2) is 8.42 Å². The van der Waals surface area contributed by atoms with E-state index in [2.05, 4.69) is 10.2 Å². The van der Waals surface area contributed by atoms with Crippen molar-refractivity contribution >= 4 is 33.0 Å². The molecule has 2 aliphatic rings. The number of nitrogens with one attached hydrogen (secondary N) is 1. The molecule has 1 aromatic carbocycles. The highest BCUT2D eigenvalue weighted by Gasteiger charge is 2.35. The van der Waals surface area contributed by atoms with Gasteiger partial charge in [-0.1, -0.05) is 18.5 Å². The van der Waals surface area contributed by atoms with Crippen LogP contribution in [0.2, 0.25) is 5.02 Å². The Labute approximate surface area is 166 Å². The van der Waals surface area contributed by atoms with E-state index in [1.54, 1.807) is 18.2 Å². The largest absolute Gasteiger partial charge is 0.492 e. The van der Waals surface area contributed by atoms with Gasteiger partial charge in [-0.2, -0.15) is 0 Å². The number of nitrogens with zero attached hydrogens (tertiary/aromatic N) is 1. The van der Waals surface area contributed by atoms with E-state index in [0.717, 1.165) is 32.4 Å². The molecule has 2 fully saturated rings. The Hall–Kier alpha value is -1.31. The van der Waals surface area contributed by atoms with Gasteiger partial charge in [0.2, 0.25) is 5.91 Å². The zero-order valence-corrected chi connectivity index (χ0v) is 17.2. The van der Waals surface area contributed by atoms with Crippen LogP contribution < -0.4 is 10.1 Å². The Bertz CT molecular complexity index is 776. The summed E-state index contributed by atoms with van der Waals surface area (Å²) in [4.78, 5) is 14.8. The number of benzene rings is 1. The smallest absolute Gasteiger partial charge is 0.227 e. The summed E-state index contributed by atoms with van der Waals surface area (Å²) >= 11 is 6.22. The standard InChI is InChI=1S/C19H27ClN2O4S/c1-2-10-26-18-4-3-15(12-17(18)20)21-19(23)14-5-8-22(9-6-14)16-7-11-27(24,25)13-16/h3-4,12,14,16H,2,5-11,13H2,1H3,(H,21,23). The Morgan fingerprint density at radius 1 is 1.30 bits per heavy atom. The number of carbonyl (C=O) groups excluding carboxylic acids is 1. The van der Waals surface area contributed by atoms with Crippen molar-refractivity contribution in [1.29, 1.82) is 0 Å². The fraction of sp³-hybridized carbons (Fsp3) is 0.632. The Kier molecular flexibility index (Phi) is 6.65. The summed E-state index contributed by atoms with van der Waals surface area (Å²) in [5.74, 6) is 1.10. The van der Waals surface area contributed by atoms with Crippen molar-refractivity contribution < 1.29 is 17.9 Å². The van der Waals surface area contributed by atoms with Gasteiger partial charge in [0.05, 0.1) is 23.1 Å². The van der Waals surface area contributed by atoms with E-state index < -0.39 is 9.84 Å². The van der Waals surface area contributed by atoms with Crippen LogP contribution in [0.5, 0.6) is 5.75 Å². The van der Waals surface area contributed by atoms with Gasteiger partial charge in [0.25, 0.3) is 0 Å². The van der Waals surface area contributed by atoms with Gasteiger partial charge in [0.15, 0.2) is 9.84 Å². The Morgan fingerprint density at radius 3 is 2.63 bits per heavy atom. The first kappa shape index (κ1) is 20.4. The van der Waals surface area contributed by atoms with Crippen LogP contribution >= 0.6 is 11.6 Å². The van der Waals surface area contributed by atoms with E-state index >= 15 is 0 Å². The normalized spacial score (nSPS) is 23.3. The third-order valence-electron chi connectivity index (χ3n) is 5.29.